The molecule has 0 bridgehead atoms. The molecule has 0 aliphatic heterocycles. The second-order valence-electron chi connectivity index (χ2n) is 4.73. The Labute approximate surface area is 115 Å². The molecular weight excluding hydrogens is 286 g/mol. The summed E-state index contributed by atoms with van der Waals surface area (Å²) in [6, 6.07) is 23.0. The Kier molecular flexibility index (Phi) is 2.53. The van der Waals surface area contributed by atoms with E-state index >= 15 is 0 Å². The van der Waals surface area contributed by atoms with E-state index in [0.29, 0.717) is 0 Å². The standard InChI is InChI=1S/C16H12BrN/c17-15(12-18)11-16(15,13-7-3-1-4-8-13)14-9-5-2-6-10-14/h1-10H,11H2/t15-/m1/s1. The van der Waals surface area contributed by atoms with Gasteiger partial charge in [0.25, 0.3) is 0 Å². The second kappa shape index (κ2) is 3.96. The average molecular weight is 298 g/mol. The zero-order valence-corrected chi connectivity index (χ0v) is 11.4. The molecule has 0 spiro atoms. The van der Waals surface area contributed by atoms with Gasteiger partial charge in [-0.15, -0.1) is 0 Å². The summed E-state index contributed by atoms with van der Waals surface area (Å²) >= 11 is 3.62. The Morgan fingerprint density at radius 1 is 0.889 bits per heavy atom. The quantitative estimate of drug-likeness (QED) is 0.768. The number of hydrogen-bond acceptors (Lipinski definition) is 1. The third-order valence-electron chi connectivity index (χ3n) is 3.77. The molecule has 1 aliphatic carbocycles. The van der Waals surface area contributed by atoms with Crippen LogP contribution >= 0.6 is 15.9 Å². The van der Waals surface area contributed by atoms with Gasteiger partial charge in [0.2, 0.25) is 0 Å². The first kappa shape index (κ1) is 11.5. The van der Waals surface area contributed by atoms with Crippen LogP contribution in [0.5, 0.6) is 0 Å². The first-order valence-electron chi connectivity index (χ1n) is 5.94. The van der Waals surface area contributed by atoms with Gasteiger partial charge in [-0.25, -0.2) is 0 Å². The number of halogens is 1. The molecule has 2 heteroatoms. The van der Waals surface area contributed by atoms with Crippen molar-refractivity contribution in [3.05, 3.63) is 71.8 Å². The fourth-order valence-electron chi connectivity index (χ4n) is 2.73. The van der Waals surface area contributed by atoms with Crippen LogP contribution in [-0.4, -0.2) is 4.32 Å². The lowest BCUT2D eigenvalue weighted by atomic mass is 9.86. The van der Waals surface area contributed by atoms with Gasteiger partial charge in [-0.05, 0) is 17.5 Å². The molecule has 18 heavy (non-hydrogen) atoms. The predicted octanol–water partition coefficient (Wildman–Crippen LogP) is 4.03. The van der Waals surface area contributed by atoms with Crippen molar-refractivity contribution in [2.45, 2.75) is 16.2 Å². The third kappa shape index (κ3) is 1.44. The van der Waals surface area contributed by atoms with Gasteiger partial charge in [0.1, 0.15) is 4.32 Å². The highest BCUT2D eigenvalue weighted by molar-refractivity contribution is 9.10. The summed E-state index contributed by atoms with van der Waals surface area (Å²) in [5, 5.41) is 9.43. The van der Waals surface area contributed by atoms with Gasteiger partial charge < -0.3 is 0 Å². The summed E-state index contributed by atoms with van der Waals surface area (Å²) in [5.41, 5.74) is 2.20. The van der Waals surface area contributed by atoms with Gasteiger partial charge in [0.15, 0.2) is 0 Å². The van der Waals surface area contributed by atoms with E-state index < -0.39 is 4.32 Å². The highest BCUT2D eigenvalue weighted by Gasteiger charge is 2.68. The van der Waals surface area contributed by atoms with Crippen molar-refractivity contribution in [3.8, 4) is 6.07 Å². The molecule has 88 valence electrons. The molecule has 1 aliphatic rings. The topological polar surface area (TPSA) is 23.8 Å². The first-order valence-corrected chi connectivity index (χ1v) is 6.73. The lowest BCUT2D eigenvalue weighted by Gasteiger charge is -2.19. The molecule has 0 N–H and O–H groups in total. The van der Waals surface area contributed by atoms with Crippen LogP contribution in [-0.2, 0) is 5.41 Å². The minimum absolute atomic E-state index is 0.204. The van der Waals surface area contributed by atoms with Crippen molar-refractivity contribution in [3.63, 3.8) is 0 Å². The van der Waals surface area contributed by atoms with Gasteiger partial charge >= 0.3 is 0 Å². The SMILES string of the molecule is N#C[C@]1(Br)CC1(c1ccccc1)c1ccccc1. The van der Waals surface area contributed by atoms with E-state index in [-0.39, 0.29) is 5.41 Å². The molecule has 2 aromatic rings. The Bertz CT molecular complexity index is 560. The Hall–Kier alpha value is -1.59. The minimum atomic E-state index is -0.470. The normalized spacial score (nSPS) is 24.2. The number of nitriles is 1. The lowest BCUT2D eigenvalue weighted by Crippen LogP contribution is -2.19. The molecular formula is C16H12BrN. The molecule has 0 unspecified atom stereocenters. The van der Waals surface area contributed by atoms with E-state index in [1.54, 1.807) is 0 Å². The van der Waals surface area contributed by atoms with Gasteiger partial charge in [-0.2, -0.15) is 5.26 Å². The van der Waals surface area contributed by atoms with Crippen molar-refractivity contribution in [2.24, 2.45) is 0 Å². The fraction of sp³-hybridized carbons (Fsp3) is 0.188. The maximum atomic E-state index is 9.43. The molecule has 0 radical (unpaired) electrons. The summed E-state index contributed by atoms with van der Waals surface area (Å²) in [5.74, 6) is 0. The maximum absolute atomic E-state index is 9.43. The van der Waals surface area contributed by atoms with Crippen molar-refractivity contribution < 1.29 is 0 Å². The Morgan fingerprint density at radius 3 is 1.67 bits per heavy atom. The molecule has 1 fully saturated rings. The molecule has 2 aromatic carbocycles. The smallest absolute Gasteiger partial charge is 0.127 e. The largest absolute Gasteiger partial charge is 0.197 e. The van der Waals surface area contributed by atoms with Crippen LogP contribution in [0.15, 0.2) is 60.7 Å². The first-order chi connectivity index (χ1) is 8.73. The van der Waals surface area contributed by atoms with E-state index in [0.717, 1.165) is 6.42 Å². The summed E-state index contributed by atoms with van der Waals surface area (Å²) < 4.78 is -0.470. The highest BCUT2D eigenvalue weighted by atomic mass is 79.9. The van der Waals surface area contributed by atoms with Crippen LogP contribution in [0.4, 0.5) is 0 Å². The lowest BCUT2D eigenvalue weighted by molar-refractivity contribution is 0.822. The number of hydrogen-bond donors (Lipinski definition) is 0. The average Bonchev–Trinajstić information content (AvgIpc) is 3.09. The number of rotatable bonds is 2. The predicted molar refractivity (Wildman–Crippen MR) is 75.6 cm³/mol. The van der Waals surface area contributed by atoms with E-state index in [4.69, 9.17) is 0 Å². The zero-order valence-electron chi connectivity index (χ0n) is 9.81. The molecule has 0 saturated heterocycles. The van der Waals surface area contributed by atoms with Crippen molar-refractivity contribution in [1.82, 2.24) is 0 Å². The Morgan fingerprint density at radius 2 is 1.33 bits per heavy atom. The summed E-state index contributed by atoms with van der Waals surface area (Å²) in [6.45, 7) is 0. The van der Waals surface area contributed by atoms with E-state index in [1.165, 1.54) is 11.1 Å². The molecule has 0 heterocycles. The second-order valence-corrected chi connectivity index (χ2v) is 6.08. The molecule has 1 saturated carbocycles. The Balaban J connectivity index is 2.18. The van der Waals surface area contributed by atoms with Crippen molar-refractivity contribution in [1.29, 1.82) is 5.26 Å². The molecule has 0 amide bonds. The van der Waals surface area contributed by atoms with Gasteiger partial charge in [-0.3, -0.25) is 0 Å². The molecule has 1 nitrogen and oxygen atoms in total. The van der Waals surface area contributed by atoms with Crippen LogP contribution in [0.2, 0.25) is 0 Å². The number of nitrogens with zero attached hydrogens (tertiary/aromatic N) is 1. The maximum Gasteiger partial charge on any atom is 0.127 e. The van der Waals surface area contributed by atoms with Crippen molar-refractivity contribution >= 4 is 15.9 Å². The van der Waals surface area contributed by atoms with Crippen LogP contribution in [0.3, 0.4) is 0 Å². The van der Waals surface area contributed by atoms with Crippen LogP contribution in [0.25, 0.3) is 0 Å². The summed E-state index contributed by atoms with van der Waals surface area (Å²) in [6.07, 6.45) is 0.824. The highest BCUT2D eigenvalue weighted by Crippen LogP contribution is 2.66. The van der Waals surface area contributed by atoms with Crippen LogP contribution in [0.1, 0.15) is 17.5 Å². The monoisotopic (exact) mass is 297 g/mol. The number of benzene rings is 2. The molecule has 1 atom stereocenters. The third-order valence-corrected chi connectivity index (χ3v) is 4.91. The van der Waals surface area contributed by atoms with Crippen LogP contribution in [0, 0.1) is 11.3 Å². The van der Waals surface area contributed by atoms with Gasteiger partial charge in [0.05, 0.1) is 11.5 Å². The number of alkyl halides is 1. The van der Waals surface area contributed by atoms with Crippen molar-refractivity contribution in [2.75, 3.05) is 0 Å². The van der Waals surface area contributed by atoms with Gasteiger partial charge in [0, 0.05) is 0 Å². The molecule has 0 aromatic heterocycles. The van der Waals surface area contributed by atoms with E-state index in [2.05, 4.69) is 46.3 Å². The summed E-state index contributed by atoms with van der Waals surface area (Å²) in [4.78, 5) is 0. The fourth-order valence-corrected chi connectivity index (χ4v) is 3.61. The zero-order chi connectivity index (χ0) is 12.6. The minimum Gasteiger partial charge on any atom is -0.197 e. The summed E-state index contributed by atoms with van der Waals surface area (Å²) in [7, 11) is 0. The molecule has 3 rings (SSSR count). The van der Waals surface area contributed by atoms with Crippen LogP contribution < -0.4 is 0 Å². The van der Waals surface area contributed by atoms with Gasteiger partial charge in [-0.1, -0.05) is 76.6 Å². The van der Waals surface area contributed by atoms with E-state index in [1.807, 2.05) is 36.4 Å². The van der Waals surface area contributed by atoms with E-state index in [9.17, 15) is 5.26 Å².